The number of carbonyl (C=O) groups excluding carboxylic acids is 1. The second-order valence-corrected chi connectivity index (χ2v) is 6.42. The fourth-order valence-corrected chi connectivity index (χ4v) is 3.16. The maximum absolute atomic E-state index is 12.4. The van der Waals surface area contributed by atoms with Crippen molar-refractivity contribution in [2.45, 2.75) is 6.42 Å². The first kappa shape index (κ1) is 17.1. The Labute approximate surface area is 156 Å². The summed E-state index contributed by atoms with van der Waals surface area (Å²) in [6.07, 6.45) is 2.52. The number of hydrogen-bond acceptors (Lipinski definition) is 5. The number of rotatable bonds is 5. The Balaban J connectivity index is 1.37. The molecule has 0 fully saturated rings. The number of aromatic amines is 1. The van der Waals surface area contributed by atoms with E-state index in [1.165, 1.54) is 0 Å². The van der Waals surface area contributed by atoms with E-state index in [1.807, 2.05) is 36.4 Å². The van der Waals surface area contributed by atoms with Crippen LogP contribution in [0.25, 0.3) is 11.4 Å². The summed E-state index contributed by atoms with van der Waals surface area (Å²) in [4.78, 5) is 16.6. The largest absolute Gasteiger partial charge is 0.493 e. The number of fused-ring (bicyclic) bond motifs is 1. The summed E-state index contributed by atoms with van der Waals surface area (Å²) in [5, 5.41) is 9.89. The molecule has 0 radical (unpaired) electrons. The highest BCUT2D eigenvalue weighted by atomic mass is 16.5. The monoisotopic (exact) mass is 364 g/mol. The highest BCUT2D eigenvalue weighted by Gasteiger charge is 2.23. The van der Waals surface area contributed by atoms with Crippen LogP contribution >= 0.6 is 0 Å². The average molecular weight is 364 g/mol. The minimum atomic E-state index is -0.193. The fraction of sp³-hybridized carbons (Fsp3) is 0.250. The Morgan fingerprint density at radius 1 is 1.30 bits per heavy atom. The van der Waals surface area contributed by atoms with E-state index >= 15 is 0 Å². The first-order valence-electron chi connectivity index (χ1n) is 8.78. The van der Waals surface area contributed by atoms with Crippen LogP contribution in [0.2, 0.25) is 0 Å². The Morgan fingerprint density at radius 3 is 3.04 bits per heavy atom. The SMILES string of the molecule is COc1cccc2c1OCC(CNC(=O)c1cc(-c3ccccn3)n[nH]1)C2. The van der Waals surface area contributed by atoms with Gasteiger partial charge in [-0.1, -0.05) is 18.2 Å². The first-order chi connectivity index (χ1) is 13.2. The third-order valence-electron chi connectivity index (χ3n) is 4.55. The van der Waals surface area contributed by atoms with Crippen LogP contribution in [0.3, 0.4) is 0 Å². The van der Waals surface area contributed by atoms with Gasteiger partial charge in [-0.15, -0.1) is 0 Å². The third kappa shape index (κ3) is 3.62. The second-order valence-electron chi connectivity index (χ2n) is 6.42. The van der Waals surface area contributed by atoms with Crippen molar-refractivity contribution in [3.05, 3.63) is 59.9 Å². The van der Waals surface area contributed by atoms with Gasteiger partial charge in [0.25, 0.3) is 5.91 Å². The third-order valence-corrected chi connectivity index (χ3v) is 4.55. The van der Waals surface area contributed by atoms with Crippen LogP contribution in [0.5, 0.6) is 11.5 Å². The first-order valence-corrected chi connectivity index (χ1v) is 8.78. The number of benzene rings is 1. The van der Waals surface area contributed by atoms with Crippen LogP contribution in [0.15, 0.2) is 48.7 Å². The maximum Gasteiger partial charge on any atom is 0.269 e. The average Bonchev–Trinajstić information content (AvgIpc) is 3.22. The number of para-hydroxylation sites is 1. The number of nitrogens with one attached hydrogen (secondary N) is 2. The molecule has 0 bridgehead atoms. The number of hydrogen-bond donors (Lipinski definition) is 2. The summed E-state index contributed by atoms with van der Waals surface area (Å²) in [6, 6.07) is 13.1. The zero-order valence-corrected chi connectivity index (χ0v) is 14.9. The van der Waals surface area contributed by atoms with Crippen molar-refractivity contribution in [1.82, 2.24) is 20.5 Å². The predicted octanol–water partition coefficient (Wildman–Crippen LogP) is 2.46. The number of carbonyl (C=O) groups is 1. The van der Waals surface area contributed by atoms with Crippen molar-refractivity contribution in [2.24, 2.45) is 5.92 Å². The van der Waals surface area contributed by atoms with Crippen molar-refractivity contribution in [3.63, 3.8) is 0 Å². The molecule has 0 spiro atoms. The summed E-state index contributed by atoms with van der Waals surface area (Å²) < 4.78 is 11.2. The van der Waals surface area contributed by atoms with Gasteiger partial charge in [0.15, 0.2) is 11.5 Å². The van der Waals surface area contributed by atoms with E-state index in [2.05, 4.69) is 20.5 Å². The normalized spacial score (nSPS) is 15.5. The molecule has 7 heteroatoms. The van der Waals surface area contributed by atoms with Crippen LogP contribution in [0, 0.1) is 5.92 Å². The molecule has 1 amide bonds. The molecule has 2 aromatic heterocycles. The summed E-state index contributed by atoms with van der Waals surface area (Å²) in [6.45, 7) is 1.06. The van der Waals surface area contributed by atoms with Crippen LogP contribution in [0.1, 0.15) is 16.1 Å². The number of H-pyrrole nitrogens is 1. The molecule has 7 nitrogen and oxygen atoms in total. The molecule has 1 atom stereocenters. The van der Waals surface area contributed by atoms with E-state index < -0.39 is 0 Å². The number of aromatic nitrogens is 3. The van der Waals surface area contributed by atoms with E-state index in [9.17, 15) is 4.79 Å². The topological polar surface area (TPSA) is 89.1 Å². The Hall–Kier alpha value is -3.35. The standard InChI is InChI=1S/C20H20N4O3/c1-26-18-7-4-5-14-9-13(12-27-19(14)18)11-22-20(25)17-10-16(23-24-17)15-6-2-3-8-21-15/h2-8,10,13H,9,11-12H2,1H3,(H,22,25)(H,23,24). The van der Waals surface area contributed by atoms with Gasteiger partial charge < -0.3 is 14.8 Å². The van der Waals surface area contributed by atoms with E-state index in [4.69, 9.17) is 9.47 Å². The fourth-order valence-electron chi connectivity index (χ4n) is 3.16. The second kappa shape index (κ2) is 7.49. The maximum atomic E-state index is 12.4. The molecule has 1 aromatic carbocycles. The minimum absolute atomic E-state index is 0.193. The molecule has 2 N–H and O–H groups in total. The molecule has 4 rings (SSSR count). The summed E-state index contributed by atoms with van der Waals surface area (Å²) in [7, 11) is 1.63. The lowest BCUT2D eigenvalue weighted by atomic mass is 9.96. The van der Waals surface area contributed by atoms with Gasteiger partial charge in [0.05, 0.1) is 19.4 Å². The van der Waals surface area contributed by atoms with Crippen molar-refractivity contribution in [1.29, 1.82) is 0 Å². The molecule has 27 heavy (non-hydrogen) atoms. The van der Waals surface area contributed by atoms with Gasteiger partial charge in [0.2, 0.25) is 0 Å². The van der Waals surface area contributed by atoms with Gasteiger partial charge in [0, 0.05) is 18.7 Å². The van der Waals surface area contributed by atoms with Gasteiger partial charge >= 0.3 is 0 Å². The lowest BCUT2D eigenvalue weighted by Crippen LogP contribution is -2.35. The summed E-state index contributed by atoms with van der Waals surface area (Å²) in [5.74, 6) is 1.55. The molecular weight excluding hydrogens is 344 g/mol. The zero-order chi connectivity index (χ0) is 18.6. The molecule has 1 unspecified atom stereocenters. The van der Waals surface area contributed by atoms with Crippen LogP contribution in [-0.4, -0.2) is 41.3 Å². The Bertz CT molecular complexity index is 939. The van der Waals surface area contributed by atoms with Crippen LogP contribution < -0.4 is 14.8 Å². The van der Waals surface area contributed by atoms with Crippen molar-refractivity contribution in [3.8, 4) is 22.9 Å². The van der Waals surface area contributed by atoms with E-state index in [0.717, 1.165) is 29.2 Å². The molecule has 138 valence electrons. The van der Waals surface area contributed by atoms with Gasteiger partial charge in [-0.2, -0.15) is 5.10 Å². The van der Waals surface area contributed by atoms with Crippen LogP contribution in [0.4, 0.5) is 0 Å². The number of methoxy groups -OCH3 is 1. The number of nitrogens with zero attached hydrogens (tertiary/aromatic N) is 2. The Morgan fingerprint density at radius 2 is 2.22 bits per heavy atom. The molecule has 3 aromatic rings. The molecule has 0 saturated carbocycles. The van der Waals surface area contributed by atoms with Gasteiger partial charge in [-0.25, -0.2) is 0 Å². The lowest BCUT2D eigenvalue weighted by molar-refractivity contribution is 0.0933. The van der Waals surface area contributed by atoms with E-state index in [1.54, 1.807) is 19.4 Å². The number of ether oxygens (including phenoxy) is 2. The molecular formula is C20H20N4O3. The predicted molar refractivity (Wildman–Crippen MR) is 99.8 cm³/mol. The smallest absolute Gasteiger partial charge is 0.269 e. The van der Waals surface area contributed by atoms with Gasteiger partial charge in [-0.05, 0) is 36.2 Å². The highest BCUT2D eigenvalue weighted by Crippen LogP contribution is 2.35. The van der Waals surface area contributed by atoms with E-state index in [0.29, 0.717) is 24.5 Å². The van der Waals surface area contributed by atoms with Gasteiger partial charge in [0.1, 0.15) is 11.4 Å². The molecule has 3 heterocycles. The molecule has 0 aliphatic carbocycles. The number of pyridine rings is 1. The molecule has 1 aliphatic heterocycles. The lowest BCUT2D eigenvalue weighted by Gasteiger charge is -2.26. The summed E-state index contributed by atoms with van der Waals surface area (Å²) in [5.41, 5.74) is 2.87. The van der Waals surface area contributed by atoms with Crippen LogP contribution in [-0.2, 0) is 6.42 Å². The van der Waals surface area contributed by atoms with Crippen molar-refractivity contribution >= 4 is 5.91 Å². The summed E-state index contributed by atoms with van der Waals surface area (Å²) >= 11 is 0. The van der Waals surface area contributed by atoms with Gasteiger partial charge in [-0.3, -0.25) is 14.9 Å². The quantitative estimate of drug-likeness (QED) is 0.726. The minimum Gasteiger partial charge on any atom is -0.493 e. The van der Waals surface area contributed by atoms with E-state index in [-0.39, 0.29) is 11.8 Å². The highest BCUT2D eigenvalue weighted by molar-refractivity contribution is 5.93. The van der Waals surface area contributed by atoms with Crippen molar-refractivity contribution < 1.29 is 14.3 Å². The zero-order valence-electron chi connectivity index (χ0n) is 14.9. The van der Waals surface area contributed by atoms with Crippen molar-refractivity contribution in [2.75, 3.05) is 20.3 Å². The Kier molecular flexibility index (Phi) is 4.74. The molecule has 1 aliphatic rings. The molecule has 0 saturated heterocycles. The number of amides is 1.